The van der Waals surface area contributed by atoms with Gasteiger partial charge in [0.1, 0.15) is 0 Å². The van der Waals surface area contributed by atoms with Crippen molar-refractivity contribution in [3.63, 3.8) is 0 Å². The quantitative estimate of drug-likeness (QED) is 0.152. The lowest BCUT2D eigenvalue weighted by atomic mass is 9.66. The van der Waals surface area contributed by atoms with Crippen molar-refractivity contribution in [2.45, 2.75) is 87.9 Å². The summed E-state index contributed by atoms with van der Waals surface area (Å²) in [5, 5.41) is 21.8. The summed E-state index contributed by atoms with van der Waals surface area (Å²) in [6.07, 6.45) is 10.7. The van der Waals surface area contributed by atoms with Crippen LogP contribution in [-0.2, 0) is 43.4 Å². The number of aliphatic imine (C=N–C) groups is 2. The number of rotatable bonds is 4. The first-order valence-corrected chi connectivity index (χ1v) is 22.6. The Hall–Kier alpha value is -3.70. The van der Waals surface area contributed by atoms with Gasteiger partial charge in [-0.3, -0.25) is 0 Å². The van der Waals surface area contributed by atoms with Gasteiger partial charge in [-0.15, -0.1) is 0 Å². The van der Waals surface area contributed by atoms with E-state index in [0.29, 0.717) is 34.6 Å². The fraction of sp³-hybridized carbons (Fsp3) is 0.435. The highest BCUT2D eigenvalue weighted by atomic mass is 79.9. The molecule has 12 nitrogen and oxygen atoms in total. The fourth-order valence-corrected chi connectivity index (χ4v) is 11.3. The smallest absolute Gasteiger partial charge is 0.423 e. The molecule has 6 aliphatic rings. The number of ether oxygens (including phenoxy) is 2. The van der Waals surface area contributed by atoms with Gasteiger partial charge in [-0.25, -0.2) is 29.8 Å². The first kappa shape index (κ1) is 44.9. The minimum Gasteiger partial charge on any atom is -0.423 e. The summed E-state index contributed by atoms with van der Waals surface area (Å²) in [6, 6.07) is 27.4. The van der Waals surface area contributed by atoms with Crippen LogP contribution in [-0.4, -0.2) is 79.7 Å². The van der Waals surface area contributed by atoms with Crippen molar-refractivity contribution in [3.8, 4) is 11.1 Å². The molecule has 328 valence electrons. The zero-order valence-electron chi connectivity index (χ0n) is 35.5. The molecule has 2 fully saturated rings. The van der Waals surface area contributed by atoms with Crippen LogP contribution in [0.2, 0.25) is 10.0 Å². The number of nitrogens with zero attached hydrogens (tertiary/aromatic N) is 4. The largest absolute Gasteiger partial charge is 0.488 e. The maximum Gasteiger partial charge on any atom is 0.488 e. The average molecular weight is 949 g/mol. The van der Waals surface area contributed by atoms with Gasteiger partial charge in [-0.1, -0.05) is 81.6 Å². The Balaban J connectivity index is 0.000000143. The molecular formula is C46H54BBrCl2N6O6. The van der Waals surface area contributed by atoms with Crippen LogP contribution < -0.4 is 16.9 Å². The van der Waals surface area contributed by atoms with Crippen LogP contribution in [0.15, 0.2) is 99.4 Å². The Morgan fingerprint density at radius 1 is 0.677 bits per heavy atom. The number of methoxy groups -OCH3 is 2. The number of halogens is 3. The maximum absolute atomic E-state index is 8.65. The Kier molecular flexibility index (Phi) is 12.8. The molecule has 2 atom stereocenters. The molecule has 0 bridgehead atoms. The average Bonchev–Trinajstić information content (AvgIpc) is 3.91. The van der Waals surface area contributed by atoms with E-state index in [1.807, 2.05) is 32.3 Å². The first-order chi connectivity index (χ1) is 29.7. The standard InChI is InChI=1S/C23H26ClN3O2.C17H22BrN3O2.C6H6BClO2/c1-27-21(25)26-23(29-27)20-13-16(15-4-3-5-18(24)12-15)6-7-17(20)14-22(23)10-8-19(28-2)9-11-22;1-21-15(19)20-17(23-21)14-9-12(18)4-3-11(14)10-16(17)7-5-13(22-2)6-8-16;8-6-3-1-2-5(4-6)7(9)10/h3-7,12-13,19H,8-11,14H2,1-2H3,(H2,25,26);3-4,9,13H,5-8,10H2,1-2H3,(H2,19,20);1-4,9-10H. The Morgan fingerprint density at radius 2 is 1.15 bits per heavy atom. The molecule has 2 heterocycles. The van der Waals surface area contributed by atoms with E-state index in [0.717, 1.165) is 96.0 Å². The summed E-state index contributed by atoms with van der Waals surface area (Å²) in [5.41, 5.74) is 18.2. The molecule has 0 amide bonds. The van der Waals surface area contributed by atoms with Gasteiger partial charge in [0.05, 0.1) is 12.2 Å². The number of fused-ring (bicyclic) bond motifs is 6. The van der Waals surface area contributed by atoms with Crippen molar-refractivity contribution in [3.05, 3.63) is 122 Å². The SMILES string of the molecule is COC1CCC2(CC1)Cc1ccc(-c3cccc(Cl)c3)cc1C21N=C(N)N(C)O1.COC1CCC2(CC1)Cc1ccc(Br)cc1C21N=C(N)N(C)O1.OB(O)c1cccc(Cl)c1. The maximum atomic E-state index is 8.65. The number of nitrogens with two attached hydrogens (primary N) is 2. The second kappa shape index (κ2) is 17.7. The van der Waals surface area contributed by atoms with Crippen LogP contribution >= 0.6 is 39.1 Å². The van der Waals surface area contributed by atoms with Crippen molar-refractivity contribution in [1.29, 1.82) is 0 Å². The second-order valence-electron chi connectivity index (χ2n) is 17.3. The number of hydroxylamine groups is 4. The van der Waals surface area contributed by atoms with Crippen molar-refractivity contribution in [2.24, 2.45) is 32.3 Å². The number of hydrogen-bond acceptors (Lipinski definition) is 12. The Morgan fingerprint density at radius 3 is 1.58 bits per heavy atom. The molecule has 4 spiro atoms. The van der Waals surface area contributed by atoms with E-state index in [4.69, 9.17) is 73.9 Å². The molecule has 62 heavy (non-hydrogen) atoms. The van der Waals surface area contributed by atoms with E-state index >= 15 is 0 Å². The normalized spacial score (nSPS) is 29.2. The van der Waals surface area contributed by atoms with Crippen LogP contribution in [0.25, 0.3) is 11.1 Å². The molecule has 2 aliphatic heterocycles. The third kappa shape index (κ3) is 8.05. The Labute approximate surface area is 382 Å². The van der Waals surface area contributed by atoms with Crippen molar-refractivity contribution in [2.75, 3.05) is 28.3 Å². The Bertz CT molecular complexity index is 2360. The second-order valence-corrected chi connectivity index (χ2v) is 19.1. The zero-order valence-corrected chi connectivity index (χ0v) is 38.6. The highest BCUT2D eigenvalue weighted by molar-refractivity contribution is 9.10. The summed E-state index contributed by atoms with van der Waals surface area (Å²) in [4.78, 5) is 22.6. The number of guanidine groups is 2. The van der Waals surface area contributed by atoms with Gasteiger partial charge in [0.25, 0.3) is 0 Å². The first-order valence-electron chi connectivity index (χ1n) is 21.1. The van der Waals surface area contributed by atoms with E-state index < -0.39 is 18.6 Å². The molecular weight excluding hydrogens is 894 g/mol. The van der Waals surface area contributed by atoms with Crippen LogP contribution in [0.1, 0.15) is 73.6 Å². The molecule has 2 unspecified atom stereocenters. The van der Waals surface area contributed by atoms with Gasteiger partial charge >= 0.3 is 7.12 Å². The number of benzene rings is 4. The van der Waals surface area contributed by atoms with Crippen molar-refractivity contribution in [1.82, 2.24) is 10.1 Å². The lowest BCUT2D eigenvalue weighted by Gasteiger charge is -2.45. The van der Waals surface area contributed by atoms with E-state index in [1.165, 1.54) is 17.2 Å². The molecule has 4 aliphatic carbocycles. The highest BCUT2D eigenvalue weighted by Crippen LogP contribution is 2.63. The van der Waals surface area contributed by atoms with Crippen molar-refractivity contribution >= 4 is 63.6 Å². The molecule has 4 aromatic rings. The summed E-state index contributed by atoms with van der Waals surface area (Å²) >= 11 is 15.4. The fourth-order valence-electron chi connectivity index (χ4n) is 10.6. The third-order valence-corrected chi connectivity index (χ3v) is 14.8. The molecule has 4 aromatic carbocycles. The van der Waals surface area contributed by atoms with E-state index in [2.05, 4.69) is 58.4 Å². The van der Waals surface area contributed by atoms with E-state index in [-0.39, 0.29) is 10.8 Å². The van der Waals surface area contributed by atoms with Gasteiger partial charge in [-0.05, 0) is 134 Å². The zero-order chi connectivity index (χ0) is 44.0. The van der Waals surface area contributed by atoms with Gasteiger partial charge in [0.2, 0.25) is 23.4 Å². The lowest BCUT2D eigenvalue weighted by Crippen LogP contribution is -2.46. The monoisotopic (exact) mass is 946 g/mol. The summed E-state index contributed by atoms with van der Waals surface area (Å²) in [5.74, 6) is 0.880. The predicted molar refractivity (Wildman–Crippen MR) is 247 cm³/mol. The summed E-state index contributed by atoms with van der Waals surface area (Å²) in [7, 11) is 5.84. The minimum atomic E-state index is -1.43. The van der Waals surface area contributed by atoms with Gasteiger partial charge in [0.15, 0.2) is 0 Å². The van der Waals surface area contributed by atoms with Gasteiger partial charge < -0.3 is 31.0 Å². The van der Waals surface area contributed by atoms with Crippen LogP contribution in [0.5, 0.6) is 0 Å². The third-order valence-electron chi connectivity index (χ3n) is 13.9. The molecule has 0 radical (unpaired) electrons. The van der Waals surface area contributed by atoms with E-state index in [1.54, 1.807) is 42.5 Å². The number of hydrogen-bond donors (Lipinski definition) is 4. The molecule has 6 N–H and O–H groups in total. The molecule has 0 saturated heterocycles. The highest BCUT2D eigenvalue weighted by Gasteiger charge is 2.64. The van der Waals surface area contributed by atoms with Crippen LogP contribution in [0.3, 0.4) is 0 Å². The summed E-state index contributed by atoms with van der Waals surface area (Å²) in [6.45, 7) is 0. The molecule has 10 rings (SSSR count). The van der Waals surface area contributed by atoms with Crippen LogP contribution in [0, 0.1) is 10.8 Å². The lowest BCUT2D eigenvalue weighted by molar-refractivity contribution is -0.232. The molecule has 0 aromatic heterocycles. The van der Waals surface area contributed by atoms with Crippen LogP contribution in [0.4, 0.5) is 0 Å². The summed E-state index contributed by atoms with van der Waals surface area (Å²) < 4.78 is 12.2. The molecule has 16 heteroatoms. The topological polar surface area (TPSA) is 161 Å². The van der Waals surface area contributed by atoms with Gasteiger partial charge in [-0.2, -0.15) is 0 Å². The van der Waals surface area contributed by atoms with Crippen molar-refractivity contribution < 1.29 is 29.2 Å². The van der Waals surface area contributed by atoms with E-state index in [9.17, 15) is 0 Å². The predicted octanol–water partition coefficient (Wildman–Crippen LogP) is 7.43. The molecule has 2 saturated carbocycles. The van der Waals surface area contributed by atoms with Gasteiger partial charge in [0, 0.05) is 64.8 Å². The minimum absolute atomic E-state index is 0.0411.